The maximum absolute atomic E-state index is 14.3. The van der Waals surface area contributed by atoms with Gasteiger partial charge in [0.05, 0.1) is 13.5 Å². The van der Waals surface area contributed by atoms with Crippen LogP contribution in [-0.2, 0) is 18.3 Å². The van der Waals surface area contributed by atoms with Gasteiger partial charge in [-0.2, -0.15) is 0 Å². The van der Waals surface area contributed by atoms with Crippen molar-refractivity contribution in [3.63, 3.8) is 0 Å². The molecule has 1 aromatic heterocycles. The quantitative estimate of drug-likeness (QED) is 0.741. The highest BCUT2D eigenvalue weighted by Gasteiger charge is 2.23. The van der Waals surface area contributed by atoms with Gasteiger partial charge in [0.15, 0.2) is 0 Å². The van der Waals surface area contributed by atoms with E-state index in [-0.39, 0.29) is 18.1 Å². The molecule has 0 aliphatic rings. The Kier molecular flexibility index (Phi) is 5.31. The number of halogens is 1. The van der Waals surface area contributed by atoms with E-state index in [1.54, 1.807) is 54.4 Å². The zero-order valence-electron chi connectivity index (χ0n) is 14.6. The molecule has 1 amide bonds. The Morgan fingerprint density at radius 1 is 1.23 bits per heavy atom. The van der Waals surface area contributed by atoms with Gasteiger partial charge in [0.2, 0.25) is 5.91 Å². The second-order valence-corrected chi connectivity index (χ2v) is 5.94. The third kappa shape index (κ3) is 3.91. The highest BCUT2D eigenvalue weighted by molar-refractivity contribution is 5.79. The number of rotatable bonds is 6. The number of nitrogens with one attached hydrogen (secondary N) is 1. The Bertz CT molecular complexity index is 890. The number of carbonyl (C=O) groups is 1. The van der Waals surface area contributed by atoms with Crippen LogP contribution in [0.15, 0.2) is 60.9 Å². The number of imidazole rings is 1. The third-order valence-electron chi connectivity index (χ3n) is 4.16. The maximum atomic E-state index is 14.3. The van der Waals surface area contributed by atoms with Gasteiger partial charge >= 0.3 is 0 Å². The van der Waals surface area contributed by atoms with E-state index in [1.807, 2.05) is 19.2 Å². The van der Waals surface area contributed by atoms with Crippen LogP contribution in [0.25, 0.3) is 0 Å². The highest BCUT2D eigenvalue weighted by atomic mass is 19.1. The number of hydrogen-bond donors (Lipinski definition) is 1. The van der Waals surface area contributed by atoms with Crippen molar-refractivity contribution in [3.05, 3.63) is 83.7 Å². The van der Waals surface area contributed by atoms with Gasteiger partial charge in [0.1, 0.15) is 23.4 Å². The minimum Gasteiger partial charge on any atom is -0.497 e. The Morgan fingerprint density at radius 3 is 2.58 bits per heavy atom. The molecular formula is C20H20FN3O2. The van der Waals surface area contributed by atoms with Crippen LogP contribution in [0.3, 0.4) is 0 Å². The number of amides is 1. The Labute approximate surface area is 151 Å². The van der Waals surface area contributed by atoms with Gasteiger partial charge in [-0.15, -0.1) is 0 Å². The fourth-order valence-corrected chi connectivity index (χ4v) is 2.79. The minimum absolute atomic E-state index is 0.180. The van der Waals surface area contributed by atoms with Crippen molar-refractivity contribution in [2.24, 2.45) is 7.05 Å². The van der Waals surface area contributed by atoms with E-state index in [0.717, 1.165) is 11.3 Å². The van der Waals surface area contributed by atoms with E-state index in [2.05, 4.69) is 10.3 Å². The molecule has 0 radical (unpaired) electrons. The van der Waals surface area contributed by atoms with Crippen LogP contribution in [0.1, 0.15) is 23.0 Å². The number of carbonyl (C=O) groups excluding carboxylic acids is 1. The lowest BCUT2D eigenvalue weighted by atomic mass is 10.0. The molecule has 0 saturated heterocycles. The second-order valence-electron chi connectivity index (χ2n) is 5.94. The van der Waals surface area contributed by atoms with E-state index in [4.69, 9.17) is 4.74 Å². The summed E-state index contributed by atoms with van der Waals surface area (Å²) in [6.07, 6.45) is 3.57. The molecule has 1 N–H and O–H groups in total. The molecule has 1 atom stereocenters. The molecule has 0 aliphatic carbocycles. The molecule has 0 fully saturated rings. The summed E-state index contributed by atoms with van der Waals surface area (Å²) >= 11 is 0. The first kappa shape index (κ1) is 17.7. The first-order valence-electron chi connectivity index (χ1n) is 8.22. The van der Waals surface area contributed by atoms with Crippen LogP contribution < -0.4 is 10.1 Å². The number of hydrogen-bond acceptors (Lipinski definition) is 3. The minimum atomic E-state index is -0.665. The summed E-state index contributed by atoms with van der Waals surface area (Å²) < 4.78 is 21.2. The fourth-order valence-electron chi connectivity index (χ4n) is 2.79. The average Bonchev–Trinajstić information content (AvgIpc) is 3.07. The summed E-state index contributed by atoms with van der Waals surface area (Å²) in [5.74, 6) is 0.696. The van der Waals surface area contributed by atoms with Gasteiger partial charge in [-0.05, 0) is 23.8 Å². The fraction of sp³-hybridized carbons (Fsp3) is 0.200. The maximum Gasteiger partial charge on any atom is 0.225 e. The molecule has 1 heterocycles. The summed E-state index contributed by atoms with van der Waals surface area (Å²) in [6, 6.07) is 13.0. The van der Waals surface area contributed by atoms with Gasteiger partial charge < -0.3 is 14.6 Å². The molecule has 0 bridgehead atoms. The zero-order valence-corrected chi connectivity index (χ0v) is 14.6. The molecule has 0 saturated carbocycles. The van der Waals surface area contributed by atoms with Gasteiger partial charge in [-0.3, -0.25) is 4.79 Å². The van der Waals surface area contributed by atoms with Crippen LogP contribution in [0.2, 0.25) is 0 Å². The number of aromatic nitrogens is 2. The van der Waals surface area contributed by atoms with Crippen molar-refractivity contribution in [1.29, 1.82) is 0 Å². The molecule has 3 aromatic rings. The average molecular weight is 353 g/mol. The summed E-state index contributed by atoms with van der Waals surface area (Å²) in [5, 5.41) is 2.90. The lowest BCUT2D eigenvalue weighted by Crippen LogP contribution is -2.32. The van der Waals surface area contributed by atoms with Crippen molar-refractivity contribution in [2.45, 2.75) is 12.5 Å². The topological polar surface area (TPSA) is 56.1 Å². The largest absolute Gasteiger partial charge is 0.497 e. The Hall–Kier alpha value is -3.15. The van der Waals surface area contributed by atoms with Crippen LogP contribution >= 0.6 is 0 Å². The van der Waals surface area contributed by atoms with E-state index < -0.39 is 6.04 Å². The van der Waals surface area contributed by atoms with Crippen LogP contribution in [-0.4, -0.2) is 22.6 Å². The Morgan fingerprint density at radius 2 is 1.96 bits per heavy atom. The van der Waals surface area contributed by atoms with E-state index in [9.17, 15) is 9.18 Å². The first-order chi connectivity index (χ1) is 12.6. The normalized spacial score (nSPS) is 11.8. The lowest BCUT2D eigenvalue weighted by Gasteiger charge is -2.20. The molecule has 26 heavy (non-hydrogen) atoms. The number of methoxy groups -OCH3 is 1. The number of benzene rings is 2. The van der Waals surface area contributed by atoms with Crippen molar-refractivity contribution in [3.8, 4) is 5.75 Å². The van der Waals surface area contributed by atoms with Crippen molar-refractivity contribution in [2.75, 3.05) is 7.11 Å². The summed E-state index contributed by atoms with van der Waals surface area (Å²) in [4.78, 5) is 16.8. The Balaban J connectivity index is 1.82. The molecule has 0 spiro atoms. The van der Waals surface area contributed by atoms with Gasteiger partial charge in [-0.25, -0.2) is 9.37 Å². The van der Waals surface area contributed by atoms with Gasteiger partial charge in [0, 0.05) is 25.0 Å². The van der Waals surface area contributed by atoms with Crippen LogP contribution in [0.5, 0.6) is 5.75 Å². The number of aryl methyl sites for hydroxylation is 1. The molecule has 0 aliphatic heterocycles. The van der Waals surface area contributed by atoms with Gasteiger partial charge in [-0.1, -0.05) is 30.3 Å². The zero-order chi connectivity index (χ0) is 18.5. The second kappa shape index (κ2) is 7.82. The molecule has 1 unspecified atom stereocenters. The van der Waals surface area contributed by atoms with Gasteiger partial charge in [0.25, 0.3) is 0 Å². The predicted molar refractivity (Wildman–Crippen MR) is 96.3 cm³/mol. The van der Waals surface area contributed by atoms with E-state index >= 15 is 0 Å². The summed E-state index contributed by atoms with van der Waals surface area (Å²) in [7, 11) is 3.40. The van der Waals surface area contributed by atoms with Crippen molar-refractivity contribution in [1.82, 2.24) is 14.9 Å². The predicted octanol–water partition coefficient (Wildman–Crippen LogP) is 3.02. The van der Waals surface area contributed by atoms with Crippen molar-refractivity contribution >= 4 is 5.91 Å². The molecule has 6 heteroatoms. The lowest BCUT2D eigenvalue weighted by molar-refractivity contribution is -0.121. The summed E-state index contributed by atoms with van der Waals surface area (Å²) in [5.41, 5.74) is 1.22. The molecule has 2 aromatic carbocycles. The molecule has 5 nitrogen and oxygen atoms in total. The van der Waals surface area contributed by atoms with Crippen LogP contribution in [0, 0.1) is 5.82 Å². The van der Waals surface area contributed by atoms with E-state index in [1.165, 1.54) is 6.07 Å². The van der Waals surface area contributed by atoms with E-state index in [0.29, 0.717) is 11.4 Å². The first-order valence-corrected chi connectivity index (χ1v) is 8.22. The number of nitrogens with zero attached hydrogens (tertiary/aromatic N) is 2. The third-order valence-corrected chi connectivity index (χ3v) is 4.16. The standard InChI is InChI=1S/C20H20FN3O2/c1-24-12-11-22-20(24)19(16-5-3-4-6-17(16)21)23-18(25)13-14-7-9-15(26-2)10-8-14/h3-12,19H,13H2,1-2H3,(H,23,25). The SMILES string of the molecule is COc1ccc(CC(=O)NC(c2ccccc2F)c2nccn2C)cc1. The molecular weight excluding hydrogens is 333 g/mol. The van der Waals surface area contributed by atoms with Crippen molar-refractivity contribution < 1.29 is 13.9 Å². The molecule has 3 rings (SSSR count). The molecule has 134 valence electrons. The summed E-state index contributed by atoms with van der Waals surface area (Å²) in [6.45, 7) is 0. The highest BCUT2D eigenvalue weighted by Crippen LogP contribution is 2.23. The number of ether oxygens (including phenoxy) is 1. The monoisotopic (exact) mass is 353 g/mol. The van der Waals surface area contributed by atoms with Crippen LogP contribution in [0.4, 0.5) is 4.39 Å². The smallest absolute Gasteiger partial charge is 0.225 e.